The average molecular weight is 316 g/mol. The quantitative estimate of drug-likeness (QED) is 0.863. The highest BCUT2D eigenvalue weighted by Crippen LogP contribution is 2.31. The number of nitrogens with one attached hydrogen (secondary N) is 1. The van der Waals surface area contributed by atoms with E-state index in [-0.39, 0.29) is 22.5 Å². The molecule has 2 nitrogen and oxygen atoms in total. The van der Waals surface area contributed by atoms with Crippen LogP contribution in [0.5, 0.6) is 5.75 Å². The third-order valence-corrected chi connectivity index (χ3v) is 3.34. The predicted molar refractivity (Wildman–Crippen MR) is 76.4 cm³/mol. The summed E-state index contributed by atoms with van der Waals surface area (Å²) in [4.78, 5) is 0. The SMILES string of the molecule is COc1cc(C(C)Nc2c(F)cc(F)cc2Cl)ccc1F. The fraction of sp³-hybridized carbons (Fsp3) is 0.200. The molecule has 1 N–H and O–H groups in total. The van der Waals surface area contributed by atoms with Crippen molar-refractivity contribution in [2.75, 3.05) is 12.4 Å². The minimum Gasteiger partial charge on any atom is -0.494 e. The molecule has 0 saturated carbocycles. The predicted octanol–water partition coefficient (Wildman–Crippen LogP) is 4.94. The average Bonchev–Trinajstić information content (AvgIpc) is 2.43. The Balaban J connectivity index is 2.28. The van der Waals surface area contributed by atoms with Crippen LogP contribution in [0.25, 0.3) is 0 Å². The number of methoxy groups -OCH3 is 1. The fourth-order valence-corrected chi connectivity index (χ4v) is 2.17. The van der Waals surface area contributed by atoms with Gasteiger partial charge in [-0.05, 0) is 30.7 Å². The number of anilines is 1. The maximum atomic E-state index is 13.7. The summed E-state index contributed by atoms with van der Waals surface area (Å²) in [5, 5.41) is 2.78. The van der Waals surface area contributed by atoms with Gasteiger partial charge in [-0.3, -0.25) is 0 Å². The largest absolute Gasteiger partial charge is 0.494 e. The fourth-order valence-electron chi connectivity index (χ4n) is 1.93. The molecule has 21 heavy (non-hydrogen) atoms. The van der Waals surface area contributed by atoms with Gasteiger partial charge in [0.15, 0.2) is 17.4 Å². The lowest BCUT2D eigenvalue weighted by atomic mass is 10.1. The first-order valence-electron chi connectivity index (χ1n) is 6.17. The molecule has 2 aromatic carbocycles. The molecule has 0 bridgehead atoms. The maximum absolute atomic E-state index is 13.7. The van der Waals surface area contributed by atoms with E-state index in [1.54, 1.807) is 13.0 Å². The van der Waals surface area contributed by atoms with E-state index >= 15 is 0 Å². The standard InChI is InChI=1S/C15H13ClF3NO/c1-8(9-3-4-12(18)14(5-9)21-2)20-15-11(16)6-10(17)7-13(15)19/h3-8,20H,1-2H3. The Morgan fingerprint density at radius 2 is 1.81 bits per heavy atom. The molecule has 2 aromatic rings. The third-order valence-electron chi connectivity index (χ3n) is 3.04. The summed E-state index contributed by atoms with van der Waals surface area (Å²) in [5.41, 5.74) is 0.668. The third kappa shape index (κ3) is 3.42. The van der Waals surface area contributed by atoms with E-state index in [0.717, 1.165) is 12.1 Å². The van der Waals surface area contributed by atoms with Crippen LogP contribution in [-0.4, -0.2) is 7.11 Å². The van der Waals surface area contributed by atoms with Gasteiger partial charge in [-0.25, -0.2) is 13.2 Å². The zero-order chi connectivity index (χ0) is 15.6. The van der Waals surface area contributed by atoms with E-state index in [9.17, 15) is 13.2 Å². The first-order valence-corrected chi connectivity index (χ1v) is 6.54. The van der Waals surface area contributed by atoms with Crippen molar-refractivity contribution < 1.29 is 17.9 Å². The molecule has 0 heterocycles. The van der Waals surface area contributed by atoms with Crippen molar-refractivity contribution in [1.29, 1.82) is 0 Å². The van der Waals surface area contributed by atoms with Gasteiger partial charge in [0.1, 0.15) is 5.82 Å². The number of hydrogen-bond acceptors (Lipinski definition) is 2. The first-order chi connectivity index (χ1) is 9.92. The summed E-state index contributed by atoms with van der Waals surface area (Å²) in [6.07, 6.45) is 0. The van der Waals surface area contributed by atoms with Crippen molar-refractivity contribution in [3.8, 4) is 5.75 Å². The Hall–Kier alpha value is -1.88. The van der Waals surface area contributed by atoms with Crippen LogP contribution in [0.15, 0.2) is 30.3 Å². The van der Waals surface area contributed by atoms with Crippen LogP contribution in [0.4, 0.5) is 18.9 Å². The molecule has 0 spiro atoms. The Labute approximate surface area is 125 Å². The van der Waals surface area contributed by atoms with Crippen LogP contribution in [0.2, 0.25) is 5.02 Å². The van der Waals surface area contributed by atoms with E-state index in [1.165, 1.54) is 19.2 Å². The maximum Gasteiger partial charge on any atom is 0.165 e. The molecule has 1 atom stereocenters. The highest BCUT2D eigenvalue weighted by Gasteiger charge is 2.15. The molecule has 1 unspecified atom stereocenters. The van der Waals surface area contributed by atoms with Crippen molar-refractivity contribution in [3.05, 3.63) is 58.4 Å². The molecule has 2 rings (SSSR count). The molecule has 0 aromatic heterocycles. The summed E-state index contributed by atoms with van der Waals surface area (Å²) in [7, 11) is 1.36. The topological polar surface area (TPSA) is 21.3 Å². The Bertz CT molecular complexity index is 640. The number of ether oxygens (including phenoxy) is 1. The molecule has 0 aliphatic heterocycles. The molecule has 0 aliphatic rings. The highest BCUT2D eigenvalue weighted by atomic mass is 35.5. The van der Waals surface area contributed by atoms with Crippen LogP contribution in [0, 0.1) is 17.5 Å². The lowest BCUT2D eigenvalue weighted by molar-refractivity contribution is 0.385. The summed E-state index contributed by atoms with van der Waals surface area (Å²) in [6.45, 7) is 1.74. The van der Waals surface area contributed by atoms with Crippen molar-refractivity contribution in [1.82, 2.24) is 0 Å². The molecule has 0 aliphatic carbocycles. The lowest BCUT2D eigenvalue weighted by Crippen LogP contribution is -2.09. The van der Waals surface area contributed by atoms with E-state index < -0.39 is 17.5 Å². The van der Waals surface area contributed by atoms with Crippen LogP contribution >= 0.6 is 11.6 Å². The lowest BCUT2D eigenvalue weighted by Gasteiger charge is -2.18. The van der Waals surface area contributed by atoms with Gasteiger partial charge < -0.3 is 10.1 Å². The minimum absolute atomic E-state index is 0.00569. The second-order valence-corrected chi connectivity index (χ2v) is 4.91. The van der Waals surface area contributed by atoms with E-state index in [1.807, 2.05) is 0 Å². The molecule has 0 radical (unpaired) electrons. The molecule has 6 heteroatoms. The van der Waals surface area contributed by atoms with Crippen LogP contribution in [0.1, 0.15) is 18.5 Å². The monoisotopic (exact) mass is 315 g/mol. The van der Waals surface area contributed by atoms with Gasteiger partial charge >= 0.3 is 0 Å². The molecule has 0 fully saturated rings. The Kier molecular flexibility index (Phi) is 4.63. The smallest absolute Gasteiger partial charge is 0.165 e. The normalized spacial score (nSPS) is 12.1. The van der Waals surface area contributed by atoms with Gasteiger partial charge in [-0.2, -0.15) is 0 Å². The minimum atomic E-state index is -0.791. The van der Waals surface area contributed by atoms with Crippen LogP contribution < -0.4 is 10.1 Å². The highest BCUT2D eigenvalue weighted by molar-refractivity contribution is 6.33. The van der Waals surface area contributed by atoms with Gasteiger partial charge in [-0.15, -0.1) is 0 Å². The molecule has 112 valence electrons. The zero-order valence-corrected chi connectivity index (χ0v) is 12.1. The summed E-state index contributed by atoms with van der Waals surface area (Å²) in [5.74, 6) is -1.94. The van der Waals surface area contributed by atoms with Crippen LogP contribution in [-0.2, 0) is 0 Å². The van der Waals surface area contributed by atoms with Crippen LogP contribution in [0.3, 0.4) is 0 Å². The molecule has 0 saturated heterocycles. The second kappa shape index (κ2) is 6.26. The summed E-state index contributed by atoms with van der Waals surface area (Å²) in [6, 6.07) is 5.69. The zero-order valence-electron chi connectivity index (χ0n) is 11.4. The number of hydrogen-bond donors (Lipinski definition) is 1. The van der Waals surface area contributed by atoms with Gasteiger partial charge in [0.2, 0.25) is 0 Å². The Morgan fingerprint density at radius 3 is 2.43 bits per heavy atom. The van der Waals surface area contributed by atoms with Crippen molar-refractivity contribution >= 4 is 17.3 Å². The molecule has 0 amide bonds. The van der Waals surface area contributed by atoms with E-state index in [2.05, 4.69) is 5.32 Å². The first kappa shape index (κ1) is 15.5. The van der Waals surface area contributed by atoms with E-state index in [4.69, 9.17) is 16.3 Å². The van der Waals surface area contributed by atoms with Crippen molar-refractivity contribution in [2.24, 2.45) is 0 Å². The number of rotatable bonds is 4. The van der Waals surface area contributed by atoms with E-state index in [0.29, 0.717) is 5.56 Å². The van der Waals surface area contributed by atoms with Gasteiger partial charge in [0.05, 0.1) is 17.8 Å². The molecular weight excluding hydrogens is 303 g/mol. The van der Waals surface area contributed by atoms with Gasteiger partial charge in [0, 0.05) is 12.1 Å². The molecular formula is C15H13ClF3NO. The van der Waals surface area contributed by atoms with Gasteiger partial charge in [-0.1, -0.05) is 17.7 Å². The summed E-state index contributed by atoms with van der Waals surface area (Å²) < 4.78 is 45.0. The number of halogens is 4. The van der Waals surface area contributed by atoms with Gasteiger partial charge in [0.25, 0.3) is 0 Å². The van der Waals surface area contributed by atoms with Crippen molar-refractivity contribution in [2.45, 2.75) is 13.0 Å². The number of benzene rings is 2. The Morgan fingerprint density at radius 1 is 1.10 bits per heavy atom. The van der Waals surface area contributed by atoms with Crippen molar-refractivity contribution in [3.63, 3.8) is 0 Å². The summed E-state index contributed by atoms with van der Waals surface area (Å²) >= 11 is 5.82. The second-order valence-electron chi connectivity index (χ2n) is 4.50.